The summed E-state index contributed by atoms with van der Waals surface area (Å²) < 4.78 is 1.80. The maximum atomic E-state index is 12.1. The molecule has 7 N–H and O–H groups in total. The Morgan fingerprint density at radius 1 is 0.660 bits per heavy atom. The van der Waals surface area contributed by atoms with E-state index in [4.69, 9.17) is 0 Å². The van der Waals surface area contributed by atoms with Crippen LogP contribution in [0.5, 0.6) is 5.75 Å². The Kier molecular flexibility index (Phi) is 22.7. The van der Waals surface area contributed by atoms with Crippen molar-refractivity contribution in [3.8, 4) is 5.75 Å². The summed E-state index contributed by atoms with van der Waals surface area (Å²) in [6, 6.07) is 1.33. The topological polar surface area (TPSA) is 234 Å². The molecule has 0 unspecified atom stereocenters. The fraction of sp³-hybridized carbons (Fsp3) is 0.697. The number of pyridine rings is 1. The quantitative estimate of drug-likeness (QED) is 0.0392. The average Bonchev–Trinajstić information content (AvgIpc) is 3.09. The summed E-state index contributed by atoms with van der Waals surface area (Å²) in [4.78, 5) is 70.5. The van der Waals surface area contributed by atoms with Gasteiger partial charge in [0.25, 0.3) is 0 Å². The second-order valence-corrected chi connectivity index (χ2v) is 12.1. The number of carbonyl (C=O) groups is 5. The molecule has 1 aromatic rings. The summed E-state index contributed by atoms with van der Waals surface area (Å²) >= 11 is 0. The second kappa shape index (κ2) is 25.8. The standard InChI is InChI=1S/C33H57N7O10/c1-26-33(47)28(42)16-24-37(26)25-20-34-17-6-3-10-22-39(49)31(45)14-12-30(44)36-19-8-5-11-23-40(50)32(46)15-13-29(43)35-18-7-4-9-21-38(48)27(2)41/h16,24,34,47-50H,3-15,17-23,25H2,1-2H3,(H,35,43)(H,36,44). The molecule has 0 bridgehead atoms. The zero-order valence-corrected chi connectivity index (χ0v) is 29.5. The van der Waals surface area contributed by atoms with Gasteiger partial charge in [-0.15, -0.1) is 0 Å². The lowest BCUT2D eigenvalue weighted by Gasteiger charge is -2.15. The number of hydrogen-bond donors (Lipinski definition) is 7. The molecule has 0 radical (unpaired) electrons. The lowest BCUT2D eigenvalue weighted by atomic mass is 10.2. The van der Waals surface area contributed by atoms with Crippen LogP contribution in [-0.2, 0) is 30.5 Å². The number of hydrogen-bond acceptors (Lipinski definition) is 11. The highest BCUT2D eigenvalue weighted by Crippen LogP contribution is 2.08. The van der Waals surface area contributed by atoms with Gasteiger partial charge in [-0.3, -0.25) is 44.4 Å². The minimum absolute atomic E-state index is 0.0529. The Hall–Kier alpha value is -4.06. The summed E-state index contributed by atoms with van der Waals surface area (Å²) in [6.07, 6.45) is 7.22. The third kappa shape index (κ3) is 19.8. The number of nitrogens with zero attached hydrogens (tertiary/aromatic N) is 4. The molecule has 284 valence electrons. The molecule has 0 saturated carbocycles. The molecule has 0 saturated heterocycles. The molecule has 5 amide bonds. The number of amides is 5. The largest absolute Gasteiger partial charge is 0.503 e. The molecular weight excluding hydrogens is 654 g/mol. The van der Waals surface area contributed by atoms with Crippen LogP contribution >= 0.6 is 0 Å². The molecular formula is C33H57N7O10. The van der Waals surface area contributed by atoms with Gasteiger partial charge in [0, 0.05) is 90.7 Å². The van der Waals surface area contributed by atoms with E-state index < -0.39 is 23.2 Å². The van der Waals surface area contributed by atoms with Crippen molar-refractivity contribution < 1.29 is 44.7 Å². The monoisotopic (exact) mass is 711 g/mol. The first-order valence-corrected chi connectivity index (χ1v) is 17.4. The summed E-state index contributed by atoms with van der Waals surface area (Å²) in [7, 11) is 0. The average molecular weight is 712 g/mol. The number of aromatic hydroxyl groups is 1. The Bertz CT molecular complexity index is 1260. The van der Waals surface area contributed by atoms with E-state index in [2.05, 4.69) is 16.0 Å². The molecule has 0 aliphatic carbocycles. The van der Waals surface area contributed by atoms with Gasteiger partial charge in [0.1, 0.15) is 0 Å². The van der Waals surface area contributed by atoms with Crippen LogP contribution in [0.25, 0.3) is 0 Å². The third-order valence-corrected chi connectivity index (χ3v) is 7.97. The van der Waals surface area contributed by atoms with Gasteiger partial charge in [-0.05, 0) is 64.8 Å². The van der Waals surface area contributed by atoms with Crippen molar-refractivity contribution >= 4 is 29.5 Å². The van der Waals surface area contributed by atoms with Crippen LogP contribution in [0.4, 0.5) is 0 Å². The molecule has 0 aromatic carbocycles. The molecule has 0 aliphatic rings. The predicted molar refractivity (Wildman–Crippen MR) is 182 cm³/mol. The summed E-state index contributed by atoms with van der Waals surface area (Å²) in [5.41, 5.74) is 0.119. The van der Waals surface area contributed by atoms with Gasteiger partial charge >= 0.3 is 0 Å². The van der Waals surface area contributed by atoms with E-state index in [1.165, 1.54) is 13.0 Å². The highest BCUT2D eigenvalue weighted by Gasteiger charge is 2.14. The van der Waals surface area contributed by atoms with Crippen molar-refractivity contribution in [2.24, 2.45) is 0 Å². The second-order valence-electron chi connectivity index (χ2n) is 12.1. The molecule has 0 fully saturated rings. The number of hydroxylamine groups is 6. The van der Waals surface area contributed by atoms with Crippen LogP contribution in [0.1, 0.15) is 96.1 Å². The Morgan fingerprint density at radius 2 is 1.12 bits per heavy atom. The summed E-state index contributed by atoms with van der Waals surface area (Å²) in [5.74, 6) is -2.37. The predicted octanol–water partition coefficient (Wildman–Crippen LogP) is 1.43. The van der Waals surface area contributed by atoms with Crippen molar-refractivity contribution in [2.45, 2.75) is 104 Å². The molecule has 1 aromatic heterocycles. The van der Waals surface area contributed by atoms with Gasteiger partial charge in [-0.2, -0.15) is 0 Å². The first kappa shape index (κ1) is 44.0. The Morgan fingerprint density at radius 3 is 1.60 bits per heavy atom. The Balaban J connectivity index is 2.00. The van der Waals surface area contributed by atoms with Gasteiger partial charge < -0.3 is 25.6 Å². The van der Waals surface area contributed by atoms with Crippen molar-refractivity contribution in [1.29, 1.82) is 0 Å². The van der Waals surface area contributed by atoms with Crippen LogP contribution in [0.2, 0.25) is 0 Å². The van der Waals surface area contributed by atoms with E-state index in [0.29, 0.717) is 92.0 Å². The first-order valence-electron chi connectivity index (χ1n) is 17.4. The summed E-state index contributed by atoms with van der Waals surface area (Å²) in [5, 5.41) is 49.5. The van der Waals surface area contributed by atoms with E-state index in [1.807, 2.05) is 0 Å². The smallest absolute Gasteiger partial charge is 0.246 e. The zero-order valence-electron chi connectivity index (χ0n) is 29.5. The number of carbonyl (C=O) groups excluding carboxylic acids is 5. The van der Waals surface area contributed by atoms with E-state index in [-0.39, 0.29) is 62.9 Å². The van der Waals surface area contributed by atoms with Gasteiger partial charge in [0.05, 0.1) is 5.69 Å². The van der Waals surface area contributed by atoms with Crippen molar-refractivity contribution in [3.63, 3.8) is 0 Å². The molecule has 1 rings (SSSR count). The number of nitrogens with one attached hydrogen (secondary N) is 3. The third-order valence-electron chi connectivity index (χ3n) is 7.97. The molecule has 0 spiro atoms. The SMILES string of the molecule is CC(=O)N(O)CCCCCNC(=O)CCC(=O)N(O)CCCCCNC(=O)CCC(=O)N(O)CCCCCNCCn1ccc(=O)c(O)c1C. The molecule has 0 aliphatic heterocycles. The van der Waals surface area contributed by atoms with Crippen LogP contribution in [0.15, 0.2) is 17.1 Å². The normalized spacial score (nSPS) is 10.8. The van der Waals surface area contributed by atoms with Crippen LogP contribution < -0.4 is 21.4 Å². The minimum atomic E-state index is -0.561. The van der Waals surface area contributed by atoms with Crippen LogP contribution in [0, 0.1) is 6.92 Å². The van der Waals surface area contributed by atoms with Gasteiger partial charge in [-0.1, -0.05) is 6.42 Å². The van der Waals surface area contributed by atoms with Gasteiger partial charge in [0.2, 0.25) is 35.0 Å². The van der Waals surface area contributed by atoms with Gasteiger partial charge in [0.15, 0.2) is 5.75 Å². The van der Waals surface area contributed by atoms with Crippen LogP contribution in [0.3, 0.4) is 0 Å². The van der Waals surface area contributed by atoms with Crippen LogP contribution in [-0.4, -0.2) is 116 Å². The zero-order chi connectivity index (χ0) is 37.3. The maximum Gasteiger partial charge on any atom is 0.246 e. The molecule has 17 nitrogen and oxygen atoms in total. The fourth-order valence-corrected chi connectivity index (χ4v) is 4.78. The number of rotatable bonds is 27. The number of unbranched alkanes of at least 4 members (excludes halogenated alkanes) is 6. The van der Waals surface area contributed by atoms with Crippen molar-refractivity contribution in [2.75, 3.05) is 45.8 Å². The molecule has 1 heterocycles. The van der Waals surface area contributed by atoms with E-state index in [1.54, 1.807) is 17.7 Å². The van der Waals surface area contributed by atoms with Crippen molar-refractivity contribution in [3.05, 3.63) is 28.2 Å². The lowest BCUT2D eigenvalue weighted by Crippen LogP contribution is -2.31. The van der Waals surface area contributed by atoms with Gasteiger partial charge in [-0.25, -0.2) is 15.2 Å². The summed E-state index contributed by atoms with van der Waals surface area (Å²) in [6.45, 7) is 6.22. The Labute approximate surface area is 293 Å². The van der Waals surface area contributed by atoms with E-state index >= 15 is 0 Å². The van der Waals surface area contributed by atoms with E-state index in [0.717, 1.165) is 19.4 Å². The molecule has 50 heavy (non-hydrogen) atoms. The maximum absolute atomic E-state index is 12.1. The lowest BCUT2D eigenvalue weighted by molar-refractivity contribution is -0.166. The van der Waals surface area contributed by atoms with E-state index in [9.17, 15) is 49.5 Å². The fourth-order valence-electron chi connectivity index (χ4n) is 4.78. The minimum Gasteiger partial charge on any atom is -0.503 e. The first-order chi connectivity index (χ1) is 23.8. The molecule has 0 atom stereocenters. The highest BCUT2D eigenvalue weighted by atomic mass is 16.5. The highest BCUT2D eigenvalue weighted by molar-refractivity contribution is 5.83. The molecule has 17 heteroatoms. The number of aromatic nitrogens is 1. The van der Waals surface area contributed by atoms with Crippen molar-refractivity contribution in [1.82, 2.24) is 35.7 Å².